The summed E-state index contributed by atoms with van der Waals surface area (Å²) in [6.45, 7) is 11.9. The summed E-state index contributed by atoms with van der Waals surface area (Å²) in [7, 11) is -1.89. The van der Waals surface area contributed by atoms with Crippen molar-refractivity contribution in [3.63, 3.8) is 0 Å². The van der Waals surface area contributed by atoms with Gasteiger partial charge in [0, 0.05) is 22.7 Å². The molecule has 2 N–H and O–H groups in total. The van der Waals surface area contributed by atoms with Crippen LogP contribution in [-0.2, 0) is 4.43 Å². The number of carbonyl (C=O) groups excluding carboxylic acids is 1. The maximum Gasteiger partial charge on any atom is 0.265 e. The first-order valence-corrected chi connectivity index (χ1v) is 16.3. The minimum atomic E-state index is -1.89. The molecule has 198 valence electrons. The molecule has 0 bridgehead atoms. The van der Waals surface area contributed by atoms with Crippen molar-refractivity contribution in [1.82, 2.24) is 4.57 Å². The molecule has 0 aliphatic heterocycles. The van der Waals surface area contributed by atoms with Gasteiger partial charge < -0.3 is 14.8 Å². The van der Waals surface area contributed by atoms with Gasteiger partial charge in [0.15, 0.2) is 14.5 Å². The molecule has 2 aromatic heterocycles. The van der Waals surface area contributed by atoms with Crippen molar-refractivity contribution in [2.24, 2.45) is 0 Å². The number of benzene rings is 2. The molecule has 2 aromatic carbocycles. The monoisotopic (exact) mass is 566 g/mol. The fourth-order valence-corrected chi connectivity index (χ4v) is 5.76. The summed E-state index contributed by atoms with van der Waals surface area (Å²) >= 11 is 7.17. The first kappa shape index (κ1) is 27.7. The Hall–Kier alpha value is -3.29. The molecule has 4 aromatic rings. The van der Waals surface area contributed by atoms with E-state index < -0.39 is 8.32 Å². The Bertz CT molecular complexity index is 1500. The van der Waals surface area contributed by atoms with Crippen LogP contribution in [0.4, 0.5) is 11.4 Å². The van der Waals surface area contributed by atoms with Crippen LogP contribution in [0.1, 0.15) is 30.4 Å². The highest BCUT2D eigenvalue weighted by molar-refractivity contribution is 7.18. The van der Waals surface area contributed by atoms with Crippen LogP contribution in [0.2, 0.25) is 22.5 Å². The molecule has 10 heteroatoms. The molecule has 0 atom stereocenters. The second-order valence-electron chi connectivity index (χ2n) is 10.5. The van der Waals surface area contributed by atoms with E-state index in [-0.39, 0.29) is 16.8 Å². The molecule has 0 fully saturated rings. The smallest absolute Gasteiger partial charge is 0.265 e. The highest BCUT2D eigenvalue weighted by atomic mass is 35.5. The Kier molecular flexibility index (Phi) is 7.90. The number of amides is 1. The largest absolute Gasteiger partial charge is 0.494 e. The average molecular weight is 567 g/mol. The summed E-state index contributed by atoms with van der Waals surface area (Å²) < 4.78 is 8.43. The minimum absolute atomic E-state index is 0.0583. The van der Waals surface area contributed by atoms with Crippen molar-refractivity contribution in [2.75, 3.05) is 23.4 Å². The van der Waals surface area contributed by atoms with Crippen LogP contribution in [0, 0.1) is 11.5 Å². The summed E-state index contributed by atoms with van der Waals surface area (Å²) in [4.78, 5) is 14.8. The number of halogens is 1. The molecule has 0 unspecified atom stereocenters. The maximum atomic E-state index is 12.7. The van der Waals surface area contributed by atoms with E-state index >= 15 is 0 Å². The quantitative estimate of drug-likeness (QED) is 0.130. The predicted octanol–water partition coefficient (Wildman–Crippen LogP) is 7.61. The van der Waals surface area contributed by atoms with E-state index in [1.807, 2.05) is 24.3 Å². The SMILES string of the molecule is CC(C)(C)[Si](C)(C)OCCN(C#N)c1ccc(-n2cc3c(NC(=O)c4ccc(Cl)s4)cccc3c2O)cc1. The zero-order chi connectivity index (χ0) is 27.7. The third kappa shape index (κ3) is 5.74. The molecule has 0 aliphatic carbocycles. The van der Waals surface area contributed by atoms with E-state index in [1.54, 1.807) is 46.0 Å². The normalized spacial score (nSPS) is 11.9. The molecule has 38 heavy (non-hydrogen) atoms. The lowest BCUT2D eigenvalue weighted by Crippen LogP contribution is -2.42. The third-order valence-corrected chi connectivity index (χ3v) is 12.8. The number of hydrogen-bond donors (Lipinski definition) is 2. The number of anilines is 2. The summed E-state index contributed by atoms with van der Waals surface area (Å²) in [5, 5.41) is 25.0. The Morgan fingerprint density at radius 3 is 2.47 bits per heavy atom. The molecule has 0 radical (unpaired) electrons. The van der Waals surface area contributed by atoms with Gasteiger partial charge in [-0.1, -0.05) is 38.4 Å². The fourth-order valence-electron chi connectivity index (χ4n) is 3.78. The number of nitrogens with one attached hydrogen (secondary N) is 1. The number of nitriles is 1. The second kappa shape index (κ2) is 10.8. The maximum absolute atomic E-state index is 12.7. The van der Waals surface area contributed by atoms with E-state index in [4.69, 9.17) is 16.0 Å². The van der Waals surface area contributed by atoms with Gasteiger partial charge >= 0.3 is 0 Å². The number of rotatable bonds is 8. The second-order valence-corrected chi connectivity index (χ2v) is 17.0. The van der Waals surface area contributed by atoms with Crippen LogP contribution in [0.5, 0.6) is 5.88 Å². The third-order valence-electron chi connectivity index (χ3n) is 7.02. The average Bonchev–Trinajstić information content (AvgIpc) is 3.45. The van der Waals surface area contributed by atoms with Crippen LogP contribution in [0.3, 0.4) is 0 Å². The van der Waals surface area contributed by atoms with Gasteiger partial charge in [-0.2, -0.15) is 5.26 Å². The number of aromatic nitrogens is 1. The molecule has 4 rings (SSSR count). The van der Waals surface area contributed by atoms with Crippen LogP contribution >= 0.6 is 22.9 Å². The molecular formula is C28H31ClN4O3SSi. The minimum Gasteiger partial charge on any atom is -0.494 e. The van der Waals surface area contributed by atoms with Gasteiger partial charge in [0.1, 0.15) is 0 Å². The van der Waals surface area contributed by atoms with Gasteiger partial charge in [-0.15, -0.1) is 11.3 Å². The molecule has 0 saturated carbocycles. The Labute approximate surface area is 233 Å². The Morgan fingerprint density at radius 1 is 1.16 bits per heavy atom. The number of nitrogens with zero attached hydrogens (tertiary/aromatic N) is 3. The molecule has 2 heterocycles. The highest BCUT2D eigenvalue weighted by Gasteiger charge is 2.37. The van der Waals surface area contributed by atoms with Crippen LogP contribution in [-0.4, -0.2) is 37.0 Å². The van der Waals surface area contributed by atoms with Crippen molar-refractivity contribution in [1.29, 1.82) is 5.26 Å². The van der Waals surface area contributed by atoms with Gasteiger partial charge in [-0.3, -0.25) is 14.3 Å². The lowest BCUT2D eigenvalue weighted by Gasteiger charge is -2.36. The zero-order valence-corrected chi connectivity index (χ0v) is 24.7. The molecule has 0 saturated heterocycles. The fraction of sp³-hybridized carbons (Fsp3) is 0.286. The van der Waals surface area contributed by atoms with E-state index in [2.05, 4.69) is 45.4 Å². The van der Waals surface area contributed by atoms with E-state index in [9.17, 15) is 15.2 Å². The lowest BCUT2D eigenvalue weighted by atomic mass is 10.2. The van der Waals surface area contributed by atoms with E-state index in [1.165, 1.54) is 11.3 Å². The number of carbonyl (C=O) groups is 1. The summed E-state index contributed by atoms with van der Waals surface area (Å²) in [5.74, 6) is -0.206. The molecule has 0 spiro atoms. The molecule has 7 nitrogen and oxygen atoms in total. The van der Waals surface area contributed by atoms with Gasteiger partial charge in [0.25, 0.3) is 5.91 Å². The summed E-state index contributed by atoms with van der Waals surface area (Å²) in [6.07, 6.45) is 4.02. The van der Waals surface area contributed by atoms with Gasteiger partial charge in [-0.25, -0.2) is 0 Å². The van der Waals surface area contributed by atoms with Crippen molar-refractivity contribution >= 4 is 59.3 Å². The number of fused-ring (bicyclic) bond motifs is 1. The van der Waals surface area contributed by atoms with E-state index in [0.29, 0.717) is 38.8 Å². The standard InChI is InChI=1S/C28H31ClN4O3SSi/c1-28(2,3)38(4,5)36-16-15-32(18-30)19-9-11-20(12-10-19)33-17-22-21(27(33)35)7-6-8-23(22)31-26(34)24-13-14-25(29)37-24/h6-14,17,35H,15-16H2,1-5H3,(H,31,34). The van der Waals surface area contributed by atoms with Gasteiger partial charge in [-0.05, 0) is 66.7 Å². The van der Waals surface area contributed by atoms with Gasteiger partial charge in [0.05, 0.1) is 33.7 Å². The lowest BCUT2D eigenvalue weighted by molar-refractivity contribution is 0.103. The van der Waals surface area contributed by atoms with Crippen molar-refractivity contribution in [3.8, 4) is 17.8 Å². The molecular weight excluding hydrogens is 536 g/mol. The summed E-state index contributed by atoms with van der Waals surface area (Å²) in [5.41, 5.74) is 2.05. The summed E-state index contributed by atoms with van der Waals surface area (Å²) in [6, 6.07) is 16.1. The number of thiophene rings is 1. The van der Waals surface area contributed by atoms with E-state index in [0.717, 1.165) is 11.4 Å². The number of aromatic hydroxyl groups is 1. The van der Waals surface area contributed by atoms with Crippen molar-refractivity contribution in [2.45, 2.75) is 38.9 Å². The highest BCUT2D eigenvalue weighted by Crippen LogP contribution is 2.37. The predicted molar refractivity (Wildman–Crippen MR) is 158 cm³/mol. The Balaban J connectivity index is 1.52. The first-order chi connectivity index (χ1) is 17.9. The zero-order valence-electron chi connectivity index (χ0n) is 22.1. The topological polar surface area (TPSA) is 90.5 Å². The molecule has 1 amide bonds. The first-order valence-electron chi connectivity index (χ1n) is 12.2. The van der Waals surface area contributed by atoms with Gasteiger partial charge in [0.2, 0.25) is 5.88 Å². The molecule has 0 aliphatic rings. The van der Waals surface area contributed by atoms with Crippen LogP contribution in [0.25, 0.3) is 16.5 Å². The van der Waals surface area contributed by atoms with Crippen molar-refractivity contribution in [3.05, 3.63) is 70.0 Å². The Morgan fingerprint density at radius 2 is 1.87 bits per heavy atom. The van der Waals surface area contributed by atoms with Crippen molar-refractivity contribution < 1.29 is 14.3 Å². The number of hydrogen-bond acceptors (Lipinski definition) is 6. The van der Waals surface area contributed by atoms with Crippen LogP contribution < -0.4 is 10.2 Å². The van der Waals surface area contributed by atoms with Crippen LogP contribution in [0.15, 0.2) is 60.8 Å².